The summed E-state index contributed by atoms with van der Waals surface area (Å²) in [6.07, 6.45) is -3.21. The third kappa shape index (κ3) is 4.65. The standard InChI is InChI=1S/C15H20F3N3/c1-3-19-14(21-13-7-10(13)2)20-9-11-5-4-6-12(8-11)15(16,17)18/h4-6,8,10,13H,3,7,9H2,1-2H3,(H2,19,20,21). The molecule has 0 aromatic heterocycles. The second kappa shape index (κ2) is 6.37. The summed E-state index contributed by atoms with van der Waals surface area (Å²) in [5.74, 6) is 1.28. The van der Waals surface area contributed by atoms with Crippen LogP contribution in [-0.4, -0.2) is 18.5 Å². The van der Waals surface area contributed by atoms with Crippen LogP contribution >= 0.6 is 0 Å². The summed E-state index contributed by atoms with van der Waals surface area (Å²) >= 11 is 0. The number of nitrogens with one attached hydrogen (secondary N) is 2. The van der Waals surface area contributed by atoms with E-state index in [4.69, 9.17) is 0 Å². The number of alkyl halides is 3. The van der Waals surface area contributed by atoms with E-state index < -0.39 is 11.7 Å². The quantitative estimate of drug-likeness (QED) is 0.662. The van der Waals surface area contributed by atoms with Gasteiger partial charge in [-0.2, -0.15) is 13.2 Å². The molecule has 3 nitrogen and oxygen atoms in total. The molecule has 6 heteroatoms. The maximum absolute atomic E-state index is 12.7. The number of halogens is 3. The molecule has 2 unspecified atom stereocenters. The van der Waals surface area contributed by atoms with Crippen molar-refractivity contribution in [2.24, 2.45) is 10.9 Å². The van der Waals surface area contributed by atoms with Crippen LogP contribution < -0.4 is 10.6 Å². The van der Waals surface area contributed by atoms with Crippen molar-refractivity contribution < 1.29 is 13.2 Å². The lowest BCUT2D eigenvalue weighted by atomic mass is 10.1. The highest BCUT2D eigenvalue weighted by Gasteiger charge is 2.33. The first-order valence-electron chi connectivity index (χ1n) is 7.11. The molecule has 1 aliphatic carbocycles. The van der Waals surface area contributed by atoms with Crippen molar-refractivity contribution in [2.75, 3.05) is 6.54 Å². The first kappa shape index (κ1) is 15.7. The van der Waals surface area contributed by atoms with Gasteiger partial charge >= 0.3 is 6.18 Å². The van der Waals surface area contributed by atoms with Gasteiger partial charge in [-0.05, 0) is 37.0 Å². The molecule has 1 aliphatic rings. The molecular formula is C15H20F3N3. The second-order valence-corrected chi connectivity index (χ2v) is 5.36. The Labute approximate surface area is 122 Å². The smallest absolute Gasteiger partial charge is 0.357 e. The average Bonchev–Trinajstić information content (AvgIpc) is 3.11. The fraction of sp³-hybridized carbons (Fsp3) is 0.533. The number of benzene rings is 1. The molecule has 116 valence electrons. The average molecular weight is 299 g/mol. The van der Waals surface area contributed by atoms with Crippen LogP contribution in [0.3, 0.4) is 0 Å². The molecule has 2 atom stereocenters. The second-order valence-electron chi connectivity index (χ2n) is 5.36. The summed E-state index contributed by atoms with van der Waals surface area (Å²) in [5.41, 5.74) is -0.0881. The minimum absolute atomic E-state index is 0.223. The molecule has 21 heavy (non-hydrogen) atoms. The lowest BCUT2D eigenvalue weighted by Crippen LogP contribution is -2.39. The maximum atomic E-state index is 12.7. The molecule has 0 spiro atoms. The zero-order valence-corrected chi connectivity index (χ0v) is 12.2. The van der Waals surface area contributed by atoms with Gasteiger partial charge in [0.05, 0.1) is 12.1 Å². The van der Waals surface area contributed by atoms with E-state index in [0.717, 1.165) is 25.1 Å². The SMILES string of the molecule is CCNC(=NCc1cccc(C(F)(F)F)c1)NC1CC1C. The van der Waals surface area contributed by atoms with E-state index >= 15 is 0 Å². The normalized spacial score (nSPS) is 22.0. The molecule has 0 heterocycles. The number of aliphatic imine (C=N–C) groups is 1. The summed E-state index contributed by atoms with van der Waals surface area (Å²) < 4.78 is 38.0. The monoisotopic (exact) mass is 299 g/mol. The molecule has 2 N–H and O–H groups in total. The molecule has 0 radical (unpaired) electrons. The van der Waals surface area contributed by atoms with E-state index in [0.29, 0.717) is 23.5 Å². The molecule has 1 aromatic rings. The summed E-state index contributed by atoms with van der Waals surface area (Å²) in [6.45, 7) is 5.04. The molecule has 0 saturated heterocycles. The Hall–Kier alpha value is -1.72. The topological polar surface area (TPSA) is 36.4 Å². The third-order valence-corrected chi connectivity index (χ3v) is 3.45. The van der Waals surface area contributed by atoms with E-state index in [9.17, 15) is 13.2 Å². The van der Waals surface area contributed by atoms with Crippen LogP contribution in [-0.2, 0) is 12.7 Å². The van der Waals surface area contributed by atoms with Crippen LogP contribution in [0.1, 0.15) is 31.4 Å². The number of guanidine groups is 1. The molecule has 0 bridgehead atoms. The van der Waals surface area contributed by atoms with Crippen LogP contribution in [0.2, 0.25) is 0 Å². The van der Waals surface area contributed by atoms with Crippen LogP contribution in [0, 0.1) is 5.92 Å². The van der Waals surface area contributed by atoms with Crippen molar-refractivity contribution in [3.8, 4) is 0 Å². The highest BCUT2D eigenvalue weighted by molar-refractivity contribution is 5.80. The molecule has 1 saturated carbocycles. The zero-order valence-electron chi connectivity index (χ0n) is 12.2. The van der Waals surface area contributed by atoms with Gasteiger partial charge in [0.1, 0.15) is 0 Å². The Bertz CT molecular complexity index is 511. The van der Waals surface area contributed by atoms with Crippen LogP contribution in [0.5, 0.6) is 0 Å². The van der Waals surface area contributed by atoms with Gasteiger partial charge in [0.15, 0.2) is 5.96 Å². The fourth-order valence-corrected chi connectivity index (χ4v) is 2.04. The minimum Gasteiger partial charge on any atom is -0.357 e. The minimum atomic E-state index is -4.31. The van der Waals surface area contributed by atoms with Crippen LogP contribution in [0.4, 0.5) is 13.2 Å². The lowest BCUT2D eigenvalue weighted by molar-refractivity contribution is -0.137. The van der Waals surface area contributed by atoms with Gasteiger partial charge in [-0.1, -0.05) is 19.1 Å². The van der Waals surface area contributed by atoms with Crippen LogP contribution in [0.15, 0.2) is 29.3 Å². The van der Waals surface area contributed by atoms with Gasteiger partial charge in [0, 0.05) is 12.6 Å². The first-order chi connectivity index (χ1) is 9.90. The molecule has 1 fully saturated rings. The van der Waals surface area contributed by atoms with Crippen molar-refractivity contribution in [2.45, 2.75) is 39.0 Å². The van der Waals surface area contributed by atoms with E-state index in [2.05, 4.69) is 22.5 Å². The van der Waals surface area contributed by atoms with E-state index in [1.807, 2.05) is 6.92 Å². The fourth-order valence-electron chi connectivity index (χ4n) is 2.04. The van der Waals surface area contributed by atoms with Gasteiger partial charge < -0.3 is 10.6 Å². The Morgan fingerprint density at radius 1 is 1.38 bits per heavy atom. The molecule has 2 rings (SSSR count). The molecule has 0 aliphatic heterocycles. The van der Waals surface area contributed by atoms with Crippen molar-refractivity contribution in [1.82, 2.24) is 10.6 Å². The lowest BCUT2D eigenvalue weighted by Gasteiger charge is -2.11. The third-order valence-electron chi connectivity index (χ3n) is 3.45. The van der Waals surface area contributed by atoms with Crippen molar-refractivity contribution >= 4 is 5.96 Å². The van der Waals surface area contributed by atoms with Gasteiger partial charge in [0.2, 0.25) is 0 Å². The highest BCUT2D eigenvalue weighted by Crippen LogP contribution is 2.30. The predicted octanol–water partition coefficient (Wildman–Crippen LogP) is 3.17. The van der Waals surface area contributed by atoms with Gasteiger partial charge in [0.25, 0.3) is 0 Å². The number of hydrogen-bond donors (Lipinski definition) is 2. The number of hydrogen-bond acceptors (Lipinski definition) is 1. The van der Waals surface area contributed by atoms with Gasteiger partial charge in [-0.25, -0.2) is 4.99 Å². The van der Waals surface area contributed by atoms with Crippen LogP contribution in [0.25, 0.3) is 0 Å². The summed E-state index contributed by atoms with van der Waals surface area (Å²) in [4.78, 5) is 4.35. The van der Waals surface area contributed by atoms with Crippen molar-refractivity contribution in [3.05, 3.63) is 35.4 Å². The Balaban J connectivity index is 2.03. The van der Waals surface area contributed by atoms with Crippen molar-refractivity contribution in [3.63, 3.8) is 0 Å². The number of nitrogens with zero attached hydrogens (tertiary/aromatic N) is 1. The summed E-state index contributed by atoms with van der Waals surface area (Å²) in [7, 11) is 0. The molecule has 1 aromatic carbocycles. The van der Waals surface area contributed by atoms with Crippen molar-refractivity contribution in [1.29, 1.82) is 0 Å². The van der Waals surface area contributed by atoms with Gasteiger partial charge in [-0.3, -0.25) is 0 Å². The maximum Gasteiger partial charge on any atom is 0.416 e. The Kier molecular flexibility index (Phi) is 4.75. The highest BCUT2D eigenvalue weighted by atomic mass is 19.4. The summed E-state index contributed by atoms with van der Waals surface area (Å²) in [6, 6.07) is 5.71. The molecular weight excluding hydrogens is 279 g/mol. The predicted molar refractivity (Wildman–Crippen MR) is 77.0 cm³/mol. The zero-order chi connectivity index (χ0) is 15.5. The Morgan fingerprint density at radius 2 is 2.10 bits per heavy atom. The molecule has 0 amide bonds. The first-order valence-corrected chi connectivity index (χ1v) is 7.11. The van der Waals surface area contributed by atoms with E-state index in [-0.39, 0.29) is 6.54 Å². The van der Waals surface area contributed by atoms with Gasteiger partial charge in [-0.15, -0.1) is 0 Å². The van der Waals surface area contributed by atoms with E-state index in [1.54, 1.807) is 6.07 Å². The Morgan fingerprint density at radius 3 is 2.67 bits per heavy atom. The number of rotatable bonds is 4. The summed E-state index contributed by atoms with van der Waals surface area (Å²) in [5, 5.41) is 6.38. The van der Waals surface area contributed by atoms with E-state index in [1.165, 1.54) is 6.07 Å². The largest absolute Gasteiger partial charge is 0.416 e.